The van der Waals surface area contributed by atoms with Crippen LogP contribution in [0.2, 0.25) is 0 Å². The third kappa shape index (κ3) is 3.92. The predicted octanol–water partition coefficient (Wildman–Crippen LogP) is 1.85. The Labute approximate surface area is 116 Å². The van der Waals surface area contributed by atoms with Crippen LogP contribution in [0.4, 0.5) is 11.4 Å². The minimum Gasteiger partial charge on any atom is -0.477 e. The van der Waals surface area contributed by atoms with Crippen LogP contribution >= 0.6 is 0 Å². The molecule has 2 rings (SSSR count). The SMILES string of the molecule is O=C(O)c1cc(NCCCNC2CC2)ccc1[N+](=O)[O-]. The van der Waals surface area contributed by atoms with E-state index in [-0.39, 0.29) is 5.56 Å². The number of nitrogens with one attached hydrogen (secondary N) is 2. The van der Waals surface area contributed by atoms with Gasteiger partial charge in [0.2, 0.25) is 0 Å². The second-order valence-electron chi connectivity index (χ2n) is 4.80. The largest absolute Gasteiger partial charge is 0.477 e. The predicted molar refractivity (Wildman–Crippen MR) is 74.2 cm³/mol. The molecule has 3 N–H and O–H groups in total. The molecule has 0 aliphatic heterocycles. The van der Waals surface area contributed by atoms with Crippen molar-refractivity contribution in [1.82, 2.24) is 5.32 Å². The Hall–Kier alpha value is -2.15. The first-order valence-corrected chi connectivity index (χ1v) is 6.57. The molecule has 1 fully saturated rings. The Bertz CT molecular complexity index is 514. The maximum atomic E-state index is 11.0. The zero-order valence-corrected chi connectivity index (χ0v) is 11.0. The number of aromatic carboxylic acids is 1. The van der Waals surface area contributed by atoms with Gasteiger partial charge in [0.15, 0.2) is 0 Å². The molecular weight excluding hydrogens is 262 g/mol. The van der Waals surface area contributed by atoms with Gasteiger partial charge >= 0.3 is 5.97 Å². The van der Waals surface area contributed by atoms with E-state index in [0.29, 0.717) is 18.3 Å². The Morgan fingerprint density at radius 3 is 2.75 bits per heavy atom. The summed E-state index contributed by atoms with van der Waals surface area (Å²) in [6.45, 7) is 1.60. The molecule has 1 saturated carbocycles. The van der Waals surface area contributed by atoms with Gasteiger partial charge < -0.3 is 15.7 Å². The molecule has 1 aromatic rings. The van der Waals surface area contributed by atoms with Crippen molar-refractivity contribution < 1.29 is 14.8 Å². The third-order valence-corrected chi connectivity index (χ3v) is 3.12. The molecule has 108 valence electrons. The van der Waals surface area contributed by atoms with E-state index in [9.17, 15) is 14.9 Å². The molecule has 0 radical (unpaired) electrons. The summed E-state index contributed by atoms with van der Waals surface area (Å²) in [7, 11) is 0. The van der Waals surface area contributed by atoms with E-state index in [1.165, 1.54) is 31.0 Å². The van der Waals surface area contributed by atoms with Crippen molar-refractivity contribution in [1.29, 1.82) is 0 Å². The van der Waals surface area contributed by atoms with Crippen molar-refractivity contribution in [2.24, 2.45) is 0 Å². The van der Waals surface area contributed by atoms with Crippen molar-refractivity contribution in [2.45, 2.75) is 25.3 Å². The highest BCUT2D eigenvalue weighted by atomic mass is 16.6. The molecule has 20 heavy (non-hydrogen) atoms. The second-order valence-corrected chi connectivity index (χ2v) is 4.80. The quantitative estimate of drug-likeness (QED) is 0.381. The molecule has 7 heteroatoms. The number of carboxylic acids is 1. The van der Waals surface area contributed by atoms with Crippen molar-refractivity contribution in [3.63, 3.8) is 0 Å². The summed E-state index contributed by atoms with van der Waals surface area (Å²) in [6.07, 6.45) is 3.41. The van der Waals surface area contributed by atoms with Crippen LogP contribution in [0.3, 0.4) is 0 Å². The van der Waals surface area contributed by atoms with Gasteiger partial charge in [0.05, 0.1) is 4.92 Å². The number of hydrogen-bond donors (Lipinski definition) is 3. The van der Waals surface area contributed by atoms with Gasteiger partial charge in [0.25, 0.3) is 5.69 Å². The molecule has 0 bridgehead atoms. The van der Waals surface area contributed by atoms with Crippen LogP contribution in [-0.4, -0.2) is 35.1 Å². The molecule has 0 spiro atoms. The highest BCUT2D eigenvalue weighted by Crippen LogP contribution is 2.22. The van der Waals surface area contributed by atoms with E-state index in [1.54, 1.807) is 0 Å². The highest BCUT2D eigenvalue weighted by molar-refractivity contribution is 5.93. The van der Waals surface area contributed by atoms with Crippen LogP contribution in [0.5, 0.6) is 0 Å². The van der Waals surface area contributed by atoms with E-state index in [2.05, 4.69) is 10.6 Å². The average Bonchev–Trinajstić information content (AvgIpc) is 3.22. The minimum absolute atomic E-state index is 0.295. The smallest absolute Gasteiger partial charge is 0.342 e. The Morgan fingerprint density at radius 2 is 2.15 bits per heavy atom. The molecule has 1 aliphatic carbocycles. The molecule has 0 amide bonds. The summed E-state index contributed by atoms with van der Waals surface area (Å²) in [5.41, 5.74) is -0.103. The Kier molecular flexibility index (Phi) is 4.52. The molecule has 1 aromatic carbocycles. The Morgan fingerprint density at radius 1 is 1.40 bits per heavy atom. The summed E-state index contributed by atoms with van der Waals surface area (Å²) in [4.78, 5) is 21.0. The molecule has 0 aromatic heterocycles. The van der Waals surface area contributed by atoms with Crippen LogP contribution in [0, 0.1) is 10.1 Å². The number of hydrogen-bond acceptors (Lipinski definition) is 5. The first-order chi connectivity index (χ1) is 9.58. The number of carboxylic acid groups (broad SMARTS) is 1. The number of benzene rings is 1. The van der Waals surface area contributed by atoms with E-state index in [1.807, 2.05) is 0 Å². The lowest BCUT2D eigenvalue weighted by molar-refractivity contribution is -0.385. The summed E-state index contributed by atoms with van der Waals surface area (Å²) < 4.78 is 0. The maximum Gasteiger partial charge on any atom is 0.342 e. The molecule has 0 saturated heterocycles. The van der Waals surface area contributed by atoms with Crippen molar-refractivity contribution in [3.05, 3.63) is 33.9 Å². The normalized spacial score (nSPS) is 14.0. The number of carbonyl (C=O) groups is 1. The van der Waals surface area contributed by atoms with Gasteiger partial charge in [-0.2, -0.15) is 0 Å². The average molecular weight is 279 g/mol. The van der Waals surface area contributed by atoms with E-state index in [4.69, 9.17) is 5.11 Å². The third-order valence-electron chi connectivity index (χ3n) is 3.12. The fourth-order valence-corrected chi connectivity index (χ4v) is 1.89. The van der Waals surface area contributed by atoms with Crippen molar-refractivity contribution >= 4 is 17.3 Å². The monoisotopic (exact) mass is 279 g/mol. The first kappa shape index (κ1) is 14.3. The van der Waals surface area contributed by atoms with E-state index in [0.717, 1.165) is 13.0 Å². The van der Waals surface area contributed by atoms with Crippen LogP contribution in [0.15, 0.2) is 18.2 Å². The summed E-state index contributed by atoms with van der Waals surface area (Å²) in [6, 6.07) is 4.72. The van der Waals surface area contributed by atoms with Crippen molar-refractivity contribution in [3.8, 4) is 0 Å². The van der Waals surface area contributed by atoms with Gasteiger partial charge in [-0.25, -0.2) is 4.79 Å². The van der Waals surface area contributed by atoms with Gasteiger partial charge in [-0.3, -0.25) is 10.1 Å². The number of nitro benzene ring substituents is 1. The lowest BCUT2D eigenvalue weighted by Crippen LogP contribution is -2.20. The topological polar surface area (TPSA) is 104 Å². The van der Waals surface area contributed by atoms with Crippen molar-refractivity contribution in [2.75, 3.05) is 18.4 Å². The molecule has 0 heterocycles. The number of anilines is 1. The summed E-state index contributed by atoms with van der Waals surface area (Å²) in [5, 5.41) is 26.1. The van der Waals surface area contributed by atoms with E-state index < -0.39 is 16.6 Å². The fraction of sp³-hybridized carbons (Fsp3) is 0.462. The summed E-state index contributed by atoms with van der Waals surface area (Å²) in [5.74, 6) is -1.30. The molecule has 7 nitrogen and oxygen atoms in total. The maximum absolute atomic E-state index is 11.0. The highest BCUT2D eigenvalue weighted by Gasteiger charge is 2.20. The summed E-state index contributed by atoms with van der Waals surface area (Å²) >= 11 is 0. The minimum atomic E-state index is -1.30. The van der Waals surface area contributed by atoms with Crippen LogP contribution in [-0.2, 0) is 0 Å². The number of rotatable bonds is 8. The molecule has 0 atom stereocenters. The first-order valence-electron chi connectivity index (χ1n) is 6.57. The van der Waals surface area contributed by atoms with Gasteiger partial charge in [-0.05, 0) is 37.9 Å². The zero-order valence-electron chi connectivity index (χ0n) is 11.0. The standard InChI is InChI=1S/C13H17N3O4/c17-13(18)11-8-10(4-5-12(11)16(19)20)15-7-1-6-14-9-2-3-9/h4-5,8-9,14-15H,1-3,6-7H2,(H,17,18). The van der Waals surface area contributed by atoms with Crippen LogP contribution in [0.25, 0.3) is 0 Å². The van der Waals surface area contributed by atoms with Gasteiger partial charge in [-0.15, -0.1) is 0 Å². The zero-order chi connectivity index (χ0) is 14.5. The lowest BCUT2D eigenvalue weighted by Gasteiger charge is -2.08. The van der Waals surface area contributed by atoms with Gasteiger partial charge in [0.1, 0.15) is 5.56 Å². The lowest BCUT2D eigenvalue weighted by atomic mass is 10.1. The fourth-order valence-electron chi connectivity index (χ4n) is 1.89. The van der Waals surface area contributed by atoms with Gasteiger partial charge in [0, 0.05) is 24.3 Å². The van der Waals surface area contributed by atoms with E-state index >= 15 is 0 Å². The second kappa shape index (κ2) is 6.33. The number of nitro groups is 1. The van der Waals surface area contributed by atoms with Gasteiger partial charge in [-0.1, -0.05) is 0 Å². The molecular formula is C13H17N3O4. The molecule has 0 unspecified atom stereocenters. The van der Waals surface area contributed by atoms with Crippen LogP contribution in [0.1, 0.15) is 29.6 Å². The number of nitrogens with zero attached hydrogens (tertiary/aromatic N) is 1. The Balaban J connectivity index is 1.88. The molecule has 1 aliphatic rings. The van der Waals surface area contributed by atoms with Crippen LogP contribution < -0.4 is 10.6 Å².